The molecule has 1 fully saturated rings. The minimum atomic E-state index is -0.740. The molecule has 0 spiro atoms. The standard InChI is InChI=1S/C13H14N4O2/c18-13(19)8-2-1-3-9(8)16-11-5-4-10-12(17-11)15-7-6-14-10/h4-9H,1-3H2,(H,18,19)(H,15,16,17)/t8-,9+/m1/s1. The number of aliphatic carboxylic acids is 1. The molecule has 1 aliphatic carbocycles. The Morgan fingerprint density at radius 2 is 2.11 bits per heavy atom. The molecule has 6 heteroatoms. The zero-order valence-corrected chi connectivity index (χ0v) is 10.3. The van der Waals surface area contributed by atoms with E-state index in [1.165, 1.54) is 0 Å². The number of carboxylic acids is 1. The number of anilines is 1. The van der Waals surface area contributed by atoms with Crippen molar-refractivity contribution >= 4 is 23.0 Å². The van der Waals surface area contributed by atoms with Crippen LogP contribution in [-0.4, -0.2) is 32.1 Å². The van der Waals surface area contributed by atoms with Gasteiger partial charge in [-0.15, -0.1) is 0 Å². The second-order valence-corrected chi connectivity index (χ2v) is 4.72. The van der Waals surface area contributed by atoms with Gasteiger partial charge in [0, 0.05) is 18.4 Å². The van der Waals surface area contributed by atoms with Crippen molar-refractivity contribution in [3.05, 3.63) is 24.5 Å². The van der Waals surface area contributed by atoms with Gasteiger partial charge < -0.3 is 10.4 Å². The summed E-state index contributed by atoms with van der Waals surface area (Å²) in [5, 5.41) is 12.4. The van der Waals surface area contributed by atoms with Crippen LogP contribution in [0.4, 0.5) is 5.82 Å². The molecule has 1 aliphatic rings. The average molecular weight is 258 g/mol. The van der Waals surface area contributed by atoms with Gasteiger partial charge in [-0.2, -0.15) is 0 Å². The van der Waals surface area contributed by atoms with E-state index in [9.17, 15) is 4.79 Å². The van der Waals surface area contributed by atoms with E-state index in [0.29, 0.717) is 11.5 Å². The molecule has 0 aliphatic heterocycles. The number of nitrogens with one attached hydrogen (secondary N) is 1. The molecular formula is C13H14N4O2. The van der Waals surface area contributed by atoms with Gasteiger partial charge in [-0.05, 0) is 25.0 Å². The first kappa shape index (κ1) is 11.8. The van der Waals surface area contributed by atoms with Crippen molar-refractivity contribution in [1.82, 2.24) is 15.0 Å². The van der Waals surface area contributed by atoms with Crippen LogP contribution >= 0.6 is 0 Å². The van der Waals surface area contributed by atoms with E-state index >= 15 is 0 Å². The smallest absolute Gasteiger partial charge is 0.308 e. The highest BCUT2D eigenvalue weighted by molar-refractivity contribution is 5.73. The monoisotopic (exact) mass is 258 g/mol. The summed E-state index contributed by atoms with van der Waals surface area (Å²) in [6, 6.07) is 3.59. The van der Waals surface area contributed by atoms with Crippen LogP contribution in [0, 0.1) is 5.92 Å². The summed E-state index contributed by atoms with van der Waals surface area (Å²) in [6.45, 7) is 0. The maximum atomic E-state index is 11.1. The fourth-order valence-corrected chi connectivity index (χ4v) is 2.55. The zero-order chi connectivity index (χ0) is 13.2. The molecule has 3 rings (SSSR count). The van der Waals surface area contributed by atoms with E-state index in [2.05, 4.69) is 20.3 Å². The Hall–Kier alpha value is -2.24. The van der Waals surface area contributed by atoms with Crippen molar-refractivity contribution in [2.75, 3.05) is 5.32 Å². The Morgan fingerprint density at radius 3 is 2.95 bits per heavy atom. The van der Waals surface area contributed by atoms with E-state index < -0.39 is 5.97 Å². The maximum absolute atomic E-state index is 11.1. The Kier molecular flexibility index (Phi) is 2.98. The molecule has 0 saturated heterocycles. The third-order valence-electron chi connectivity index (χ3n) is 3.50. The second kappa shape index (κ2) is 4.79. The number of hydrogen-bond donors (Lipinski definition) is 2. The molecular weight excluding hydrogens is 244 g/mol. The van der Waals surface area contributed by atoms with Gasteiger partial charge in [0.2, 0.25) is 0 Å². The van der Waals surface area contributed by atoms with E-state index in [1.807, 2.05) is 12.1 Å². The van der Waals surface area contributed by atoms with Crippen LogP contribution in [0.2, 0.25) is 0 Å². The zero-order valence-electron chi connectivity index (χ0n) is 10.3. The van der Waals surface area contributed by atoms with Crippen LogP contribution in [0.15, 0.2) is 24.5 Å². The van der Waals surface area contributed by atoms with Crippen molar-refractivity contribution in [3.63, 3.8) is 0 Å². The number of pyridine rings is 1. The van der Waals surface area contributed by atoms with Crippen LogP contribution < -0.4 is 5.32 Å². The number of aromatic nitrogens is 3. The van der Waals surface area contributed by atoms with E-state index in [4.69, 9.17) is 5.11 Å². The van der Waals surface area contributed by atoms with Gasteiger partial charge in [0.15, 0.2) is 5.65 Å². The molecule has 2 aromatic heterocycles. The highest BCUT2D eigenvalue weighted by Gasteiger charge is 2.32. The van der Waals surface area contributed by atoms with Crippen LogP contribution in [-0.2, 0) is 4.79 Å². The van der Waals surface area contributed by atoms with Crippen LogP contribution in [0.3, 0.4) is 0 Å². The van der Waals surface area contributed by atoms with Gasteiger partial charge in [0.25, 0.3) is 0 Å². The Bertz CT molecular complexity index is 616. The topological polar surface area (TPSA) is 88.0 Å². The van der Waals surface area contributed by atoms with Crippen molar-refractivity contribution in [3.8, 4) is 0 Å². The molecule has 98 valence electrons. The predicted octanol–water partition coefficient (Wildman–Crippen LogP) is 1.69. The third kappa shape index (κ3) is 2.33. The molecule has 2 heterocycles. The van der Waals surface area contributed by atoms with Crippen molar-refractivity contribution < 1.29 is 9.90 Å². The minimum Gasteiger partial charge on any atom is -0.481 e. The van der Waals surface area contributed by atoms with Gasteiger partial charge in [-0.25, -0.2) is 9.97 Å². The molecule has 2 aromatic rings. The van der Waals surface area contributed by atoms with Crippen LogP contribution in [0.1, 0.15) is 19.3 Å². The Morgan fingerprint density at radius 1 is 1.26 bits per heavy atom. The number of rotatable bonds is 3. The van der Waals surface area contributed by atoms with E-state index in [0.717, 1.165) is 24.8 Å². The summed E-state index contributed by atoms with van der Waals surface area (Å²) in [5.74, 6) is -0.416. The first-order valence-corrected chi connectivity index (χ1v) is 6.31. The lowest BCUT2D eigenvalue weighted by Gasteiger charge is -2.18. The van der Waals surface area contributed by atoms with Crippen molar-refractivity contribution in [2.24, 2.45) is 5.92 Å². The largest absolute Gasteiger partial charge is 0.481 e. The Labute approximate surface area is 109 Å². The molecule has 6 nitrogen and oxygen atoms in total. The summed E-state index contributed by atoms with van der Waals surface area (Å²) in [6.07, 6.45) is 5.73. The van der Waals surface area contributed by atoms with Gasteiger partial charge >= 0.3 is 5.97 Å². The normalized spacial score (nSPS) is 22.5. The number of hydrogen-bond acceptors (Lipinski definition) is 5. The molecule has 0 unspecified atom stereocenters. The quantitative estimate of drug-likeness (QED) is 0.871. The summed E-state index contributed by atoms with van der Waals surface area (Å²) in [4.78, 5) is 23.8. The number of nitrogens with zero attached hydrogens (tertiary/aromatic N) is 3. The molecule has 0 aromatic carbocycles. The van der Waals surface area contributed by atoms with Gasteiger partial charge in [-0.1, -0.05) is 6.42 Å². The van der Waals surface area contributed by atoms with Crippen LogP contribution in [0.5, 0.6) is 0 Å². The number of carboxylic acid groups (broad SMARTS) is 1. The van der Waals surface area contributed by atoms with E-state index in [1.54, 1.807) is 12.4 Å². The molecule has 2 atom stereocenters. The van der Waals surface area contributed by atoms with Crippen molar-refractivity contribution in [2.45, 2.75) is 25.3 Å². The first-order chi connectivity index (χ1) is 9.24. The molecule has 1 saturated carbocycles. The molecule has 2 N–H and O–H groups in total. The maximum Gasteiger partial charge on any atom is 0.308 e. The fraction of sp³-hybridized carbons (Fsp3) is 0.385. The summed E-state index contributed by atoms with van der Waals surface area (Å²) >= 11 is 0. The lowest BCUT2D eigenvalue weighted by Crippen LogP contribution is -2.30. The lowest BCUT2D eigenvalue weighted by atomic mass is 10.0. The summed E-state index contributed by atoms with van der Waals surface area (Å²) in [5.41, 5.74) is 1.30. The highest BCUT2D eigenvalue weighted by Crippen LogP contribution is 2.28. The summed E-state index contributed by atoms with van der Waals surface area (Å²) in [7, 11) is 0. The van der Waals surface area contributed by atoms with Crippen molar-refractivity contribution in [1.29, 1.82) is 0 Å². The minimum absolute atomic E-state index is 0.0564. The predicted molar refractivity (Wildman–Crippen MR) is 69.7 cm³/mol. The highest BCUT2D eigenvalue weighted by atomic mass is 16.4. The molecule has 0 radical (unpaired) electrons. The molecule has 19 heavy (non-hydrogen) atoms. The molecule has 0 amide bonds. The van der Waals surface area contributed by atoms with Crippen LogP contribution in [0.25, 0.3) is 11.2 Å². The number of carbonyl (C=O) groups is 1. The first-order valence-electron chi connectivity index (χ1n) is 6.31. The summed E-state index contributed by atoms with van der Waals surface area (Å²) < 4.78 is 0. The average Bonchev–Trinajstić information content (AvgIpc) is 2.87. The Balaban J connectivity index is 1.83. The second-order valence-electron chi connectivity index (χ2n) is 4.72. The molecule has 0 bridgehead atoms. The fourth-order valence-electron chi connectivity index (χ4n) is 2.55. The third-order valence-corrected chi connectivity index (χ3v) is 3.50. The number of fused-ring (bicyclic) bond motifs is 1. The van der Waals surface area contributed by atoms with Gasteiger partial charge in [0.1, 0.15) is 11.3 Å². The van der Waals surface area contributed by atoms with Gasteiger partial charge in [0.05, 0.1) is 5.92 Å². The van der Waals surface area contributed by atoms with E-state index in [-0.39, 0.29) is 12.0 Å². The SMILES string of the molecule is O=C(O)[C@@H]1CCC[C@@H]1Nc1ccc2nccnc2n1. The van der Waals surface area contributed by atoms with Gasteiger partial charge in [-0.3, -0.25) is 9.78 Å². The lowest BCUT2D eigenvalue weighted by molar-refractivity contribution is -0.141.